The second kappa shape index (κ2) is 6.07. The molecule has 0 aliphatic rings. The second-order valence-electron chi connectivity index (χ2n) is 4.77. The quantitative estimate of drug-likeness (QED) is 0.805. The molecule has 1 N–H and O–H groups in total. The zero-order valence-electron chi connectivity index (χ0n) is 11.9. The fourth-order valence-electron chi connectivity index (χ4n) is 2.13. The molecule has 0 bridgehead atoms. The summed E-state index contributed by atoms with van der Waals surface area (Å²) < 4.78 is 6.88. The standard InChI is InChI=1S/C16H14ClN3O2/c1-22-13-4-2-3-11(7-13)8-18-16(21)14-10-20-9-12(17)5-6-15(20)19-14/h2-7,9-10H,8H2,1H3,(H,18,21). The number of rotatable bonds is 4. The first-order chi connectivity index (χ1) is 10.7. The molecule has 0 atom stereocenters. The van der Waals surface area contributed by atoms with E-state index in [0.717, 1.165) is 11.3 Å². The van der Waals surface area contributed by atoms with Crippen molar-refractivity contribution in [1.82, 2.24) is 14.7 Å². The van der Waals surface area contributed by atoms with Gasteiger partial charge >= 0.3 is 0 Å². The van der Waals surface area contributed by atoms with E-state index < -0.39 is 0 Å². The van der Waals surface area contributed by atoms with Crippen LogP contribution in [0.2, 0.25) is 5.02 Å². The van der Waals surface area contributed by atoms with Crippen molar-refractivity contribution in [2.45, 2.75) is 6.54 Å². The second-order valence-corrected chi connectivity index (χ2v) is 5.21. The van der Waals surface area contributed by atoms with Crippen molar-refractivity contribution in [3.8, 4) is 5.75 Å². The number of halogens is 1. The molecule has 2 heterocycles. The number of nitrogens with zero attached hydrogens (tertiary/aromatic N) is 2. The predicted octanol–water partition coefficient (Wildman–Crippen LogP) is 2.93. The number of hydrogen-bond donors (Lipinski definition) is 1. The Bertz CT molecular complexity index is 829. The molecule has 0 unspecified atom stereocenters. The van der Waals surface area contributed by atoms with Crippen LogP contribution in [0, 0.1) is 0 Å². The summed E-state index contributed by atoms with van der Waals surface area (Å²) in [5.74, 6) is 0.525. The molecule has 1 aromatic carbocycles. The van der Waals surface area contributed by atoms with Crippen LogP contribution in [0.1, 0.15) is 16.1 Å². The van der Waals surface area contributed by atoms with Gasteiger partial charge in [0.1, 0.15) is 17.1 Å². The molecule has 0 aliphatic heterocycles. The Morgan fingerprint density at radius 3 is 3.00 bits per heavy atom. The Kier molecular flexibility index (Phi) is 3.98. The molecule has 6 heteroatoms. The molecule has 3 rings (SSSR count). The highest BCUT2D eigenvalue weighted by Gasteiger charge is 2.10. The van der Waals surface area contributed by atoms with Crippen LogP contribution in [0.4, 0.5) is 0 Å². The number of nitrogens with one attached hydrogen (secondary N) is 1. The summed E-state index contributed by atoms with van der Waals surface area (Å²) in [6, 6.07) is 11.0. The van der Waals surface area contributed by atoms with Gasteiger partial charge < -0.3 is 14.5 Å². The van der Waals surface area contributed by atoms with Crippen LogP contribution in [0.25, 0.3) is 5.65 Å². The first-order valence-corrected chi connectivity index (χ1v) is 7.09. The van der Waals surface area contributed by atoms with E-state index in [-0.39, 0.29) is 5.91 Å². The maximum atomic E-state index is 12.2. The predicted molar refractivity (Wildman–Crippen MR) is 84.4 cm³/mol. The number of fused-ring (bicyclic) bond motifs is 1. The molecule has 0 spiro atoms. The fourth-order valence-corrected chi connectivity index (χ4v) is 2.30. The largest absolute Gasteiger partial charge is 0.497 e. The zero-order valence-corrected chi connectivity index (χ0v) is 12.7. The summed E-state index contributed by atoms with van der Waals surface area (Å²) >= 11 is 5.92. The Balaban J connectivity index is 1.72. The molecule has 0 radical (unpaired) electrons. The Hall–Kier alpha value is -2.53. The lowest BCUT2D eigenvalue weighted by Crippen LogP contribution is -2.23. The maximum absolute atomic E-state index is 12.2. The molecule has 112 valence electrons. The van der Waals surface area contributed by atoms with Crippen molar-refractivity contribution in [3.63, 3.8) is 0 Å². The van der Waals surface area contributed by atoms with Crippen molar-refractivity contribution >= 4 is 23.2 Å². The minimum atomic E-state index is -0.234. The lowest BCUT2D eigenvalue weighted by molar-refractivity contribution is 0.0946. The van der Waals surface area contributed by atoms with Crippen LogP contribution in [-0.2, 0) is 6.54 Å². The van der Waals surface area contributed by atoms with E-state index in [1.807, 2.05) is 24.3 Å². The van der Waals surface area contributed by atoms with Crippen molar-refractivity contribution in [3.05, 3.63) is 65.1 Å². The monoisotopic (exact) mass is 315 g/mol. The molecular formula is C16H14ClN3O2. The number of amides is 1. The van der Waals surface area contributed by atoms with Gasteiger partial charge in [-0.3, -0.25) is 4.79 Å². The van der Waals surface area contributed by atoms with Gasteiger partial charge in [0, 0.05) is 18.9 Å². The third kappa shape index (κ3) is 3.04. The molecule has 0 saturated heterocycles. The van der Waals surface area contributed by atoms with Crippen LogP contribution in [-0.4, -0.2) is 22.4 Å². The van der Waals surface area contributed by atoms with Gasteiger partial charge in [-0.15, -0.1) is 0 Å². The molecule has 2 aromatic heterocycles. The van der Waals surface area contributed by atoms with E-state index in [1.165, 1.54) is 0 Å². The maximum Gasteiger partial charge on any atom is 0.271 e. The van der Waals surface area contributed by atoms with Crippen LogP contribution in [0.3, 0.4) is 0 Å². The summed E-state index contributed by atoms with van der Waals surface area (Å²) in [6.45, 7) is 0.407. The minimum absolute atomic E-state index is 0.234. The third-order valence-corrected chi connectivity index (χ3v) is 3.46. The van der Waals surface area contributed by atoms with Gasteiger partial charge in [-0.25, -0.2) is 4.98 Å². The number of benzene rings is 1. The lowest BCUT2D eigenvalue weighted by Gasteiger charge is -2.05. The van der Waals surface area contributed by atoms with Gasteiger partial charge in [0.2, 0.25) is 0 Å². The van der Waals surface area contributed by atoms with Gasteiger partial charge in [-0.1, -0.05) is 23.7 Å². The summed E-state index contributed by atoms with van der Waals surface area (Å²) in [6.07, 6.45) is 3.37. The summed E-state index contributed by atoms with van der Waals surface area (Å²) in [4.78, 5) is 16.4. The lowest BCUT2D eigenvalue weighted by atomic mass is 10.2. The van der Waals surface area contributed by atoms with Gasteiger partial charge in [-0.05, 0) is 29.8 Å². The number of carbonyl (C=O) groups excluding carboxylic acids is 1. The smallest absolute Gasteiger partial charge is 0.271 e. The van der Waals surface area contributed by atoms with E-state index in [0.29, 0.717) is 22.9 Å². The summed E-state index contributed by atoms with van der Waals surface area (Å²) in [5, 5.41) is 3.43. The molecule has 22 heavy (non-hydrogen) atoms. The van der Waals surface area contributed by atoms with Crippen molar-refractivity contribution in [2.24, 2.45) is 0 Å². The Morgan fingerprint density at radius 1 is 1.32 bits per heavy atom. The molecular weight excluding hydrogens is 302 g/mol. The molecule has 5 nitrogen and oxygen atoms in total. The summed E-state index contributed by atoms with van der Waals surface area (Å²) in [5.41, 5.74) is 1.99. The molecule has 0 fully saturated rings. The van der Waals surface area contributed by atoms with E-state index in [1.54, 1.807) is 36.0 Å². The topological polar surface area (TPSA) is 55.6 Å². The highest BCUT2D eigenvalue weighted by atomic mass is 35.5. The van der Waals surface area contributed by atoms with Gasteiger partial charge in [0.05, 0.1) is 12.1 Å². The number of hydrogen-bond acceptors (Lipinski definition) is 3. The van der Waals surface area contributed by atoms with E-state index in [9.17, 15) is 4.79 Å². The Labute approximate surface area is 132 Å². The molecule has 3 aromatic rings. The highest BCUT2D eigenvalue weighted by Crippen LogP contribution is 2.13. The van der Waals surface area contributed by atoms with Gasteiger partial charge in [0.25, 0.3) is 5.91 Å². The van der Waals surface area contributed by atoms with Crippen LogP contribution in [0.15, 0.2) is 48.8 Å². The van der Waals surface area contributed by atoms with Crippen LogP contribution < -0.4 is 10.1 Å². The Morgan fingerprint density at radius 2 is 2.18 bits per heavy atom. The van der Waals surface area contributed by atoms with E-state index in [2.05, 4.69) is 10.3 Å². The van der Waals surface area contributed by atoms with Crippen LogP contribution >= 0.6 is 11.6 Å². The van der Waals surface area contributed by atoms with Crippen molar-refractivity contribution in [2.75, 3.05) is 7.11 Å². The first kappa shape index (κ1) is 14.4. The minimum Gasteiger partial charge on any atom is -0.497 e. The zero-order chi connectivity index (χ0) is 15.5. The third-order valence-electron chi connectivity index (χ3n) is 3.23. The number of carbonyl (C=O) groups is 1. The van der Waals surface area contributed by atoms with Crippen molar-refractivity contribution < 1.29 is 9.53 Å². The first-order valence-electron chi connectivity index (χ1n) is 6.71. The SMILES string of the molecule is COc1cccc(CNC(=O)c2cn3cc(Cl)ccc3n2)c1. The number of imidazole rings is 1. The highest BCUT2D eigenvalue weighted by molar-refractivity contribution is 6.30. The summed E-state index contributed by atoms with van der Waals surface area (Å²) in [7, 11) is 1.61. The number of ether oxygens (including phenoxy) is 1. The van der Waals surface area contributed by atoms with Crippen LogP contribution in [0.5, 0.6) is 5.75 Å². The number of pyridine rings is 1. The molecule has 0 aliphatic carbocycles. The fraction of sp³-hybridized carbons (Fsp3) is 0.125. The van der Waals surface area contributed by atoms with Crippen molar-refractivity contribution in [1.29, 1.82) is 0 Å². The molecule has 0 saturated carbocycles. The normalized spacial score (nSPS) is 10.6. The number of methoxy groups -OCH3 is 1. The average molecular weight is 316 g/mol. The molecule has 1 amide bonds. The number of aromatic nitrogens is 2. The average Bonchev–Trinajstić information content (AvgIpc) is 2.96. The van der Waals surface area contributed by atoms with Gasteiger partial charge in [0.15, 0.2) is 0 Å². The van der Waals surface area contributed by atoms with Gasteiger partial charge in [-0.2, -0.15) is 0 Å². The van der Waals surface area contributed by atoms with E-state index >= 15 is 0 Å². The van der Waals surface area contributed by atoms with E-state index in [4.69, 9.17) is 16.3 Å².